The third kappa shape index (κ3) is 4.97. The molecule has 0 saturated heterocycles. The van der Waals surface area contributed by atoms with Crippen LogP contribution in [0.25, 0.3) is 0 Å². The standard InChI is InChI=1S/C17H23FO2/c1-13-11-14(6-9-16(13)18)12-20-10-4-2-3-5-17(19)15-7-8-15/h6,9,11,19H,2-5,7-8,10,12H2,1H3. The second-order valence-corrected chi connectivity index (χ2v) is 5.50. The Balaban J connectivity index is 1.53. The molecule has 1 saturated carbocycles. The monoisotopic (exact) mass is 278 g/mol. The van der Waals surface area contributed by atoms with Crippen LogP contribution in [0.1, 0.15) is 49.7 Å². The molecule has 0 unspecified atom stereocenters. The van der Waals surface area contributed by atoms with E-state index >= 15 is 0 Å². The summed E-state index contributed by atoms with van der Waals surface area (Å²) in [5, 5.41) is 9.61. The number of aryl methyl sites for hydroxylation is 1. The molecule has 1 aliphatic carbocycles. The molecule has 0 aliphatic heterocycles. The zero-order valence-electron chi connectivity index (χ0n) is 12.1. The van der Waals surface area contributed by atoms with E-state index in [1.54, 1.807) is 13.0 Å². The fraction of sp³-hybridized carbons (Fsp3) is 0.529. The van der Waals surface area contributed by atoms with Gasteiger partial charge in [0.05, 0.1) is 12.4 Å². The fourth-order valence-electron chi connectivity index (χ4n) is 2.19. The highest BCUT2D eigenvalue weighted by atomic mass is 19.1. The van der Waals surface area contributed by atoms with Crippen LogP contribution in [-0.4, -0.2) is 11.7 Å². The summed E-state index contributed by atoms with van der Waals surface area (Å²) >= 11 is 0. The molecule has 0 bridgehead atoms. The summed E-state index contributed by atoms with van der Waals surface area (Å²) in [5.74, 6) is 0.450. The summed E-state index contributed by atoms with van der Waals surface area (Å²) in [6, 6.07) is 5.08. The van der Waals surface area contributed by atoms with E-state index in [0.717, 1.165) is 44.1 Å². The largest absolute Gasteiger partial charge is 0.512 e. The number of ether oxygens (including phenoxy) is 1. The summed E-state index contributed by atoms with van der Waals surface area (Å²) in [6.07, 6.45) is 6.08. The van der Waals surface area contributed by atoms with E-state index in [1.165, 1.54) is 11.6 Å². The van der Waals surface area contributed by atoms with E-state index in [-0.39, 0.29) is 5.82 Å². The van der Waals surface area contributed by atoms with Crippen LogP contribution in [0.5, 0.6) is 0 Å². The molecule has 0 spiro atoms. The fourth-order valence-corrected chi connectivity index (χ4v) is 2.19. The molecule has 0 heterocycles. The van der Waals surface area contributed by atoms with Crippen molar-refractivity contribution in [3.8, 4) is 0 Å². The van der Waals surface area contributed by atoms with Crippen molar-refractivity contribution in [3.63, 3.8) is 0 Å². The quantitative estimate of drug-likeness (QED) is 0.546. The first-order chi connectivity index (χ1) is 9.66. The van der Waals surface area contributed by atoms with E-state index in [0.29, 0.717) is 24.5 Å². The number of benzene rings is 1. The van der Waals surface area contributed by atoms with E-state index in [9.17, 15) is 9.50 Å². The first-order valence-corrected chi connectivity index (χ1v) is 7.39. The number of hydrogen-bond acceptors (Lipinski definition) is 2. The molecule has 1 aromatic rings. The van der Waals surface area contributed by atoms with Crippen LogP contribution < -0.4 is 0 Å². The van der Waals surface area contributed by atoms with Gasteiger partial charge in [0.15, 0.2) is 0 Å². The van der Waals surface area contributed by atoms with Crippen molar-refractivity contribution >= 4 is 0 Å². The van der Waals surface area contributed by atoms with Crippen LogP contribution in [0.15, 0.2) is 29.5 Å². The van der Waals surface area contributed by atoms with Gasteiger partial charge in [0, 0.05) is 13.0 Å². The maximum atomic E-state index is 13.1. The van der Waals surface area contributed by atoms with Gasteiger partial charge < -0.3 is 9.84 Å². The van der Waals surface area contributed by atoms with E-state index in [1.807, 2.05) is 6.07 Å². The number of aliphatic hydroxyl groups excluding tert-OH is 1. The average molecular weight is 278 g/mol. The lowest BCUT2D eigenvalue weighted by Gasteiger charge is -2.06. The molecule has 0 aromatic heterocycles. The maximum Gasteiger partial charge on any atom is 0.126 e. The first-order valence-electron chi connectivity index (χ1n) is 7.39. The molecule has 1 fully saturated rings. The Morgan fingerprint density at radius 3 is 2.75 bits per heavy atom. The second kappa shape index (κ2) is 7.44. The molecule has 1 aliphatic rings. The van der Waals surface area contributed by atoms with Crippen molar-refractivity contribution in [1.82, 2.24) is 0 Å². The Hall–Kier alpha value is -1.35. The number of rotatable bonds is 8. The highest BCUT2D eigenvalue weighted by Gasteiger charge is 2.16. The number of aliphatic hydroxyl groups is 1. The minimum atomic E-state index is -0.168. The van der Waals surface area contributed by atoms with Crippen LogP contribution >= 0.6 is 0 Å². The normalized spacial score (nSPS) is 13.6. The van der Waals surface area contributed by atoms with Crippen LogP contribution in [0.4, 0.5) is 4.39 Å². The molecule has 20 heavy (non-hydrogen) atoms. The first kappa shape index (κ1) is 15.0. The lowest BCUT2D eigenvalue weighted by molar-refractivity contribution is 0.116. The molecule has 110 valence electrons. The minimum Gasteiger partial charge on any atom is -0.512 e. The molecule has 1 aromatic carbocycles. The van der Waals surface area contributed by atoms with Gasteiger partial charge in [-0.1, -0.05) is 18.6 Å². The van der Waals surface area contributed by atoms with Gasteiger partial charge in [0.25, 0.3) is 0 Å². The second-order valence-electron chi connectivity index (χ2n) is 5.50. The summed E-state index contributed by atoms with van der Waals surface area (Å²) < 4.78 is 18.7. The predicted molar refractivity (Wildman–Crippen MR) is 78.1 cm³/mol. The summed E-state index contributed by atoms with van der Waals surface area (Å²) in [5.41, 5.74) is 2.92. The number of halogens is 1. The molecule has 2 nitrogen and oxygen atoms in total. The molecule has 0 radical (unpaired) electrons. The van der Waals surface area contributed by atoms with Gasteiger partial charge in [-0.25, -0.2) is 4.39 Å². The minimum absolute atomic E-state index is 0.168. The Morgan fingerprint density at radius 2 is 2.05 bits per heavy atom. The smallest absolute Gasteiger partial charge is 0.126 e. The lowest BCUT2D eigenvalue weighted by atomic mass is 10.1. The summed E-state index contributed by atoms with van der Waals surface area (Å²) in [7, 11) is 0. The molecule has 0 amide bonds. The SMILES string of the molecule is Cc1cc(COCCCCCC(O)=C2CC2)ccc1F. The van der Waals surface area contributed by atoms with Crippen LogP contribution in [0.3, 0.4) is 0 Å². The molecule has 3 heteroatoms. The molecule has 1 N–H and O–H groups in total. The van der Waals surface area contributed by atoms with Crippen LogP contribution in [-0.2, 0) is 11.3 Å². The van der Waals surface area contributed by atoms with Crippen molar-refractivity contribution < 1.29 is 14.2 Å². The van der Waals surface area contributed by atoms with E-state index in [4.69, 9.17) is 4.74 Å². The Bertz CT molecular complexity index is 474. The van der Waals surface area contributed by atoms with Crippen molar-refractivity contribution in [2.75, 3.05) is 6.61 Å². The molecule has 2 rings (SSSR count). The lowest BCUT2D eigenvalue weighted by Crippen LogP contribution is -1.97. The Labute approximate surface area is 120 Å². The number of hydrogen-bond donors (Lipinski definition) is 1. The third-order valence-electron chi connectivity index (χ3n) is 3.60. The number of allylic oxidation sites excluding steroid dienone is 2. The summed E-state index contributed by atoms with van der Waals surface area (Å²) in [6.45, 7) is 3.02. The van der Waals surface area contributed by atoms with Crippen molar-refractivity contribution in [3.05, 3.63) is 46.5 Å². The van der Waals surface area contributed by atoms with E-state index in [2.05, 4.69) is 0 Å². The topological polar surface area (TPSA) is 29.5 Å². The van der Waals surface area contributed by atoms with Crippen molar-refractivity contribution in [1.29, 1.82) is 0 Å². The van der Waals surface area contributed by atoms with E-state index < -0.39 is 0 Å². The predicted octanol–water partition coefficient (Wildman–Crippen LogP) is 4.82. The number of unbranched alkanes of at least 4 members (excludes halogenated alkanes) is 2. The Morgan fingerprint density at radius 1 is 1.25 bits per heavy atom. The van der Waals surface area contributed by atoms with Crippen LogP contribution in [0, 0.1) is 12.7 Å². The molecular weight excluding hydrogens is 255 g/mol. The van der Waals surface area contributed by atoms with Gasteiger partial charge in [0.2, 0.25) is 0 Å². The van der Waals surface area contributed by atoms with Crippen molar-refractivity contribution in [2.45, 2.75) is 52.1 Å². The zero-order valence-corrected chi connectivity index (χ0v) is 12.1. The maximum absolute atomic E-state index is 13.1. The van der Waals surface area contributed by atoms with Gasteiger partial charge in [-0.3, -0.25) is 0 Å². The van der Waals surface area contributed by atoms with Gasteiger partial charge >= 0.3 is 0 Å². The molecule has 0 atom stereocenters. The van der Waals surface area contributed by atoms with Gasteiger partial charge in [-0.15, -0.1) is 0 Å². The summed E-state index contributed by atoms with van der Waals surface area (Å²) in [4.78, 5) is 0. The third-order valence-corrected chi connectivity index (χ3v) is 3.60. The Kier molecular flexibility index (Phi) is 5.60. The van der Waals surface area contributed by atoms with Gasteiger partial charge in [-0.05, 0) is 55.4 Å². The average Bonchev–Trinajstić information content (AvgIpc) is 3.26. The highest BCUT2D eigenvalue weighted by molar-refractivity contribution is 5.23. The molecular formula is C17H23FO2. The highest BCUT2D eigenvalue weighted by Crippen LogP contribution is 2.32. The zero-order chi connectivity index (χ0) is 14.4. The van der Waals surface area contributed by atoms with Gasteiger partial charge in [0.1, 0.15) is 5.82 Å². The van der Waals surface area contributed by atoms with Crippen LogP contribution in [0.2, 0.25) is 0 Å². The van der Waals surface area contributed by atoms with Gasteiger partial charge in [-0.2, -0.15) is 0 Å². The van der Waals surface area contributed by atoms with Crippen molar-refractivity contribution in [2.24, 2.45) is 0 Å².